The van der Waals surface area contributed by atoms with E-state index in [1.54, 1.807) is 7.11 Å². The first kappa shape index (κ1) is 15.8. The number of ether oxygens (including phenoxy) is 1. The van der Waals surface area contributed by atoms with Gasteiger partial charge in [-0.3, -0.25) is 4.79 Å². The molecule has 0 bridgehead atoms. The minimum atomic E-state index is -0.796. The molecule has 0 saturated heterocycles. The molecule has 0 fully saturated rings. The average molecular weight is 287 g/mol. The van der Waals surface area contributed by atoms with Gasteiger partial charge in [0.2, 0.25) is 0 Å². The van der Waals surface area contributed by atoms with Crippen molar-refractivity contribution >= 4 is 5.91 Å². The van der Waals surface area contributed by atoms with Gasteiger partial charge in [-0.15, -0.1) is 0 Å². The number of carbonyl (C=O) groups is 1. The highest BCUT2D eigenvalue weighted by Crippen LogP contribution is 2.27. The number of methoxy groups -OCH3 is 1. The normalized spacial score (nSPS) is 28.6. The number of allylic oxidation sites excluding steroid dienone is 1. The van der Waals surface area contributed by atoms with Gasteiger partial charge in [-0.25, -0.2) is 0 Å². The molecule has 3 nitrogen and oxygen atoms in total. The Kier molecular flexibility index (Phi) is 5.18. The summed E-state index contributed by atoms with van der Waals surface area (Å²) in [5, 5.41) is 0. The van der Waals surface area contributed by atoms with Crippen LogP contribution in [0.15, 0.2) is 42.5 Å². The number of hydrogen-bond donors (Lipinski definition) is 0. The summed E-state index contributed by atoms with van der Waals surface area (Å²) in [7, 11) is 1.63. The van der Waals surface area contributed by atoms with Gasteiger partial charge in [0, 0.05) is 26.1 Å². The molecule has 0 N–H and O–H groups in total. The van der Waals surface area contributed by atoms with Crippen molar-refractivity contribution in [2.75, 3.05) is 13.7 Å². The number of benzene rings is 1. The quantitative estimate of drug-likeness (QED) is 0.797. The molecule has 21 heavy (non-hydrogen) atoms. The number of rotatable bonds is 3. The van der Waals surface area contributed by atoms with Crippen LogP contribution in [0.25, 0.3) is 0 Å². The molecular formula is C18H25NO2. The first-order valence-electron chi connectivity index (χ1n) is 7.63. The highest BCUT2D eigenvalue weighted by molar-refractivity contribution is 5.85. The molecule has 0 spiro atoms. The van der Waals surface area contributed by atoms with E-state index >= 15 is 0 Å². The molecule has 1 aromatic rings. The van der Waals surface area contributed by atoms with Crippen molar-refractivity contribution < 1.29 is 9.53 Å². The lowest BCUT2D eigenvalue weighted by Crippen LogP contribution is -2.51. The Labute approximate surface area is 127 Å². The van der Waals surface area contributed by atoms with E-state index in [0.29, 0.717) is 6.54 Å². The summed E-state index contributed by atoms with van der Waals surface area (Å²) in [4.78, 5) is 14.9. The highest BCUT2D eigenvalue weighted by Gasteiger charge is 2.41. The maximum Gasteiger partial charge on any atom is 0.255 e. The average Bonchev–Trinajstić information content (AvgIpc) is 2.56. The zero-order chi connectivity index (χ0) is 15.3. The lowest BCUT2D eigenvalue weighted by atomic mass is 9.88. The maximum absolute atomic E-state index is 13.0. The van der Waals surface area contributed by atoms with Crippen LogP contribution in [-0.4, -0.2) is 30.1 Å². The fourth-order valence-corrected chi connectivity index (χ4v) is 2.72. The predicted octanol–water partition coefficient (Wildman–Crippen LogP) is 3.41. The van der Waals surface area contributed by atoms with Crippen LogP contribution in [0.1, 0.15) is 32.3 Å². The van der Waals surface area contributed by atoms with Crippen molar-refractivity contribution in [1.29, 1.82) is 0 Å². The van der Waals surface area contributed by atoms with E-state index in [0.717, 1.165) is 24.9 Å². The Balaban J connectivity index is 2.25. The molecule has 2 rings (SSSR count). The van der Waals surface area contributed by atoms with Crippen LogP contribution in [0.3, 0.4) is 0 Å². The fraction of sp³-hybridized carbons (Fsp3) is 0.500. The molecule has 1 amide bonds. The maximum atomic E-state index is 13.0. The van der Waals surface area contributed by atoms with Crippen LogP contribution in [-0.2, 0) is 16.1 Å². The Morgan fingerprint density at radius 2 is 2.05 bits per heavy atom. The summed E-state index contributed by atoms with van der Waals surface area (Å²) in [6.07, 6.45) is 6.26. The number of nitrogens with zero attached hydrogens (tertiary/aromatic N) is 1. The van der Waals surface area contributed by atoms with Gasteiger partial charge >= 0.3 is 0 Å². The van der Waals surface area contributed by atoms with Crippen LogP contribution < -0.4 is 0 Å². The number of hydrogen-bond acceptors (Lipinski definition) is 2. The van der Waals surface area contributed by atoms with Crippen LogP contribution in [0.5, 0.6) is 0 Å². The zero-order valence-corrected chi connectivity index (χ0v) is 13.2. The Bertz CT molecular complexity index is 497. The van der Waals surface area contributed by atoms with Gasteiger partial charge in [0.15, 0.2) is 0 Å². The summed E-state index contributed by atoms with van der Waals surface area (Å²) < 4.78 is 5.62. The van der Waals surface area contributed by atoms with Crippen molar-refractivity contribution in [1.82, 2.24) is 4.90 Å². The Hall–Kier alpha value is -1.61. The van der Waals surface area contributed by atoms with Gasteiger partial charge in [0.05, 0.1) is 0 Å². The molecule has 2 atom stereocenters. The second-order valence-corrected chi connectivity index (χ2v) is 5.88. The van der Waals surface area contributed by atoms with E-state index in [2.05, 4.69) is 24.3 Å². The lowest BCUT2D eigenvalue weighted by Gasteiger charge is -2.36. The van der Waals surface area contributed by atoms with Crippen LogP contribution >= 0.6 is 0 Å². The minimum Gasteiger partial charge on any atom is -0.368 e. The molecule has 0 aliphatic carbocycles. The molecule has 0 radical (unpaired) electrons. The lowest BCUT2D eigenvalue weighted by molar-refractivity contribution is -0.157. The predicted molar refractivity (Wildman–Crippen MR) is 84.8 cm³/mol. The summed E-state index contributed by atoms with van der Waals surface area (Å²) in [6, 6.07) is 10.1. The van der Waals surface area contributed by atoms with Crippen molar-refractivity contribution in [2.24, 2.45) is 5.92 Å². The molecule has 0 saturated carbocycles. The minimum absolute atomic E-state index is 0.0615. The summed E-state index contributed by atoms with van der Waals surface area (Å²) in [5.74, 6) is 0.138. The van der Waals surface area contributed by atoms with E-state index in [1.807, 2.05) is 36.9 Å². The molecule has 1 aromatic carbocycles. The smallest absolute Gasteiger partial charge is 0.255 e. The third-order valence-corrected chi connectivity index (χ3v) is 4.44. The summed E-state index contributed by atoms with van der Waals surface area (Å²) in [6.45, 7) is 5.35. The van der Waals surface area contributed by atoms with Crippen LogP contribution in [0.4, 0.5) is 0 Å². The van der Waals surface area contributed by atoms with Gasteiger partial charge in [-0.2, -0.15) is 0 Å². The van der Waals surface area contributed by atoms with Gasteiger partial charge in [0.25, 0.3) is 5.91 Å². The van der Waals surface area contributed by atoms with Crippen LogP contribution in [0.2, 0.25) is 0 Å². The van der Waals surface area contributed by atoms with Crippen molar-refractivity contribution in [3.63, 3.8) is 0 Å². The number of carbonyl (C=O) groups excluding carboxylic acids is 1. The third kappa shape index (κ3) is 3.53. The largest absolute Gasteiger partial charge is 0.368 e. The first-order chi connectivity index (χ1) is 10.1. The number of amides is 1. The molecule has 1 heterocycles. The zero-order valence-electron chi connectivity index (χ0n) is 13.2. The monoisotopic (exact) mass is 287 g/mol. The topological polar surface area (TPSA) is 29.5 Å². The van der Waals surface area contributed by atoms with Gasteiger partial charge in [-0.05, 0) is 25.3 Å². The van der Waals surface area contributed by atoms with E-state index in [4.69, 9.17) is 4.74 Å². The van der Waals surface area contributed by atoms with E-state index in [-0.39, 0.29) is 11.8 Å². The molecule has 1 aliphatic rings. The van der Waals surface area contributed by atoms with Crippen molar-refractivity contribution in [2.45, 2.75) is 38.8 Å². The third-order valence-electron chi connectivity index (χ3n) is 4.44. The second-order valence-electron chi connectivity index (χ2n) is 5.88. The van der Waals surface area contributed by atoms with E-state index in [1.165, 1.54) is 0 Å². The van der Waals surface area contributed by atoms with Gasteiger partial charge in [0.1, 0.15) is 5.60 Å². The SMILES string of the molecule is COC1(C)C(=O)N(Cc2ccccc2)CCC/C=C\C1C. The molecule has 2 unspecified atom stereocenters. The van der Waals surface area contributed by atoms with E-state index in [9.17, 15) is 4.79 Å². The standard InChI is InChI=1S/C18H25NO2/c1-15-10-6-5-9-13-19(17(20)18(15,2)21-3)14-16-11-7-4-8-12-16/h4,6-8,10-12,15H,5,9,13-14H2,1-3H3/b10-6-. The van der Waals surface area contributed by atoms with Gasteiger partial charge < -0.3 is 9.64 Å². The molecular weight excluding hydrogens is 262 g/mol. The van der Waals surface area contributed by atoms with E-state index < -0.39 is 5.60 Å². The Morgan fingerprint density at radius 3 is 2.71 bits per heavy atom. The van der Waals surface area contributed by atoms with Gasteiger partial charge in [-0.1, -0.05) is 49.4 Å². The molecule has 114 valence electrons. The van der Waals surface area contributed by atoms with Crippen molar-refractivity contribution in [3.05, 3.63) is 48.0 Å². The molecule has 0 aromatic heterocycles. The van der Waals surface area contributed by atoms with Crippen molar-refractivity contribution in [3.8, 4) is 0 Å². The first-order valence-corrected chi connectivity index (χ1v) is 7.63. The Morgan fingerprint density at radius 1 is 1.33 bits per heavy atom. The molecule has 3 heteroatoms. The van der Waals surface area contributed by atoms with Crippen LogP contribution in [0, 0.1) is 5.92 Å². The summed E-state index contributed by atoms with van der Waals surface area (Å²) in [5.41, 5.74) is 0.361. The summed E-state index contributed by atoms with van der Waals surface area (Å²) >= 11 is 0. The fourth-order valence-electron chi connectivity index (χ4n) is 2.72. The second kappa shape index (κ2) is 6.90. The molecule has 1 aliphatic heterocycles. The highest BCUT2D eigenvalue weighted by atomic mass is 16.5.